The lowest BCUT2D eigenvalue weighted by Gasteiger charge is -2.33. The van der Waals surface area contributed by atoms with Crippen LogP contribution in [0.5, 0.6) is 5.75 Å². The second kappa shape index (κ2) is 13.7. The van der Waals surface area contributed by atoms with E-state index in [0.717, 1.165) is 40.5 Å². The first-order valence-corrected chi connectivity index (χ1v) is 16.5. The Morgan fingerprint density at radius 2 is 1.59 bits per heavy atom. The highest BCUT2D eigenvalue weighted by molar-refractivity contribution is 5.79. The Hall–Kier alpha value is -5.26. The second-order valence-electron chi connectivity index (χ2n) is 12.9. The van der Waals surface area contributed by atoms with Gasteiger partial charge in [-0.3, -0.25) is 0 Å². The van der Waals surface area contributed by atoms with Gasteiger partial charge in [-0.1, -0.05) is 48.5 Å². The normalized spacial score (nSPS) is 19.7. The van der Waals surface area contributed by atoms with Crippen molar-refractivity contribution in [1.29, 1.82) is 0 Å². The number of alkyl carbamates (subject to hydrolysis) is 1. The van der Waals surface area contributed by atoms with Crippen molar-refractivity contribution in [3.05, 3.63) is 107 Å². The fraction of sp³-hybridized carbons (Fsp3) is 0.351. The lowest BCUT2D eigenvalue weighted by Crippen LogP contribution is -2.41. The third-order valence-corrected chi connectivity index (χ3v) is 10.0. The molecule has 2 N–H and O–H groups in total. The molecule has 3 aromatic carbocycles. The molecular formula is C37H37F2N5O5. The number of likely N-dealkylation sites (tertiary alicyclic amines) is 1. The summed E-state index contributed by atoms with van der Waals surface area (Å²) in [5.74, 6) is -0.849. The van der Waals surface area contributed by atoms with Gasteiger partial charge in [0, 0.05) is 38.0 Å². The minimum absolute atomic E-state index is 0.121. The maximum atomic E-state index is 15.1. The molecule has 10 nitrogen and oxygen atoms in total. The molecule has 0 spiro atoms. The van der Waals surface area contributed by atoms with Crippen LogP contribution in [0.1, 0.15) is 48.3 Å². The summed E-state index contributed by atoms with van der Waals surface area (Å²) in [6.07, 6.45) is 2.82. The molecule has 2 aliphatic heterocycles. The van der Waals surface area contributed by atoms with Crippen molar-refractivity contribution in [2.45, 2.75) is 43.7 Å². The number of hydrogen-bond acceptors (Lipinski definition) is 7. The predicted octanol–water partition coefficient (Wildman–Crippen LogP) is 6.42. The van der Waals surface area contributed by atoms with Gasteiger partial charge in [0.1, 0.15) is 18.2 Å². The van der Waals surface area contributed by atoms with Gasteiger partial charge in [0.2, 0.25) is 5.95 Å². The molecule has 1 aromatic heterocycles. The molecule has 3 aliphatic rings. The van der Waals surface area contributed by atoms with E-state index < -0.39 is 35.8 Å². The summed E-state index contributed by atoms with van der Waals surface area (Å²) in [4.78, 5) is 36.7. The van der Waals surface area contributed by atoms with Crippen molar-refractivity contribution in [3.63, 3.8) is 0 Å². The molecule has 254 valence electrons. The van der Waals surface area contributed by atoms with Gasteiger partial charge in [0.05, 0.1) is 24.5 Å². The molecule has 12 heteroatoms. The van der Waals surface area contributed by atoms with Crippen LogP contribution < -0.4 is 15.0 Å². The van der Waals surface area contributed by atoms with Crippen LogP contribution in [-0.4, -0.2) is 77.1 Å². The third-order valence-electron chi connectivity index (χ3n) is 10.0. The SMILES string of the molecule is C[C@H](Oc1cnc(N2C[C@H](NC(=O)OCC3c4ccccc4-c4ccccc43)[C@@H](c3cc(F)ccc3F)C2)nc1)C1CCN(C(=O)O)CC1. The Bertz CT molecular complexity index is 1790. The largest absolute Gasteiger partial charge is 0.487 e. The number of hydrogen-bond donors (Lipinski definition) is 2. The highest BCUT2D eigenvalue weighted by Crippen LogP contribution is 2.44. The van der Waals surface area contributed by atoms with E-state index in [1.807, 2.05) is 48.2 Å². The summed E-state index contributed by atoms with van der Waals surface area (Å²) in [5.41, 5.74) is 4.56. The molecule has 3 heterocycles. The number of nitrogens with one attached hydrogen (secondary N) is 1. The first kappa shape index (κ1) is 32.3. The predicted molar refractivity (Wildman–Crippen MR) is 178 cm³/mol. The van der Waals surface area contributed by atoms with Crippen LogP contribution in [0.3, 0.4) is 0 Å². The highest BCUT2D eigenvalue weighted by atomic mass is 19.1. The molecule has 2 amide bonds. The number of benzene rings is 3. The topological polar surface area (TPSA) is 117 Å². The van der Waals surface area contributed by atoms with Crippen LogP contribution in [0.2, 0.25) is 0 Å². The Morgan fingerprint density at radius 3 is 2.24 bits per heavy atom. The minimum Gasteiger partial charge on any atom is -0.487 e. The number of ether oxygens (including phenoxy) is 2. The van der Waals surface area contributed by atoms with E-state index in [9.17, 15) is 19.1 Å². The van der Waals surface area contributed by atoms with Gasteiger partial charge in [-0.15, -0.1) is 0 Å². The van der Waals surface area contributed by atoms with Gasteiger partial charge in [-0.25, -0.2) is 28.3 Å². The summed E-state index contributed by atoms with van der Waals surface area (Å²) in [7, 11) is 0. The zero-order valence-corrected chi connectivity index (χ0v) is 27.0. The first-order chi connectivity index (χ1) is 23.7. The molecule has 49 heavy (non-hydrogen) atoms. The zero-order valence-electron chi connectivity index (χ0n) is 27.0. The maximum absolute atomic E-state index is 15.1. The van der Waals surface area contributed by atoms with Crippen LogP contribution in [0.4, 0.5) is 24.3 Å². The fourth-order valence-corrected chi connectivity index (χ4v) is 7.42. The Kier molecular flexibility index (Phi) is 9.03. The number of rotatable bonds is 8. The summed E-state index contributed by atoms with van der Waals surface area (Å²) in [6, 6.07) is 18.8. The fourth-order valence-electron chi connectivity index (χ4n) is 7.42. The molecule has 0 radical (unpaired) electrons. The number of piperidine rings is 1. The van der Waals surface area contributed by atoms with Gasteiger partial charge in [-0.05, 0) is 71.7 Å². The third kappa shape index (κ3) is 6.72. The van der Waals surface area contributed by atoms with E-state index in [1.54, 1.807) is 12.4 Å². The van der Waals surface area contributed by atoms with Crippen LogP contribution >= 0.6 is 0 Å². The number of carboxylic acid groups (broad SMARTS) is 1. The zero-order chi connectivity index (χ0) is 34.1. The Morgan fingerprint density at radius 1 is 0.939 bits per heavy atom. The average Bonchev–Trinajstić information content (AvgIpc) is 3.67. The molecular weight excluding hydrogens is 632 g/mol. The average molecular weight is 670 g/mol. The molecule has 0 saturated carbocycles. The number of nitrogens with zero attached hydrogens (tertiary/aromatic N) is 4. The molecule has 1 aliphatic carbocycles. The maximum Gasteiger partial charge on any atom is 0.407 e. The van der Waals surface area contributed by atoms with Crippen LogP contribution in [-0.2, 0) is 4.74 Å². The van der Waals surface area contributed by atoms with Crippen LogP contribution in [0.15, 0.2) is 79.1 Å². The molecule has 7 rings (SSSR count). The quantitative estimate of drug-likeness (QED) is 0.221. The van der Waals surface area contributed by atoms with E-state index in [2.05, 4.69) is 27.4 Å². The standard InChI is InChI=1S/C37H37F2N5O5/c1-22(23-12-14-43(15-13-23)37(46)47)49-25-17-40-35(41-18-25)44-19-31(30-16-24(38)10-11-33(30)39)34(20-44)42-36(45)48-21-32-28-8-4-2-6-26(28)27-7-3-5-9-29(27)32/h2-11,16-18,22-23,31-32,34H,12-15,19-21H2,1H3,(H,42,45)(H,46,47)/t22-,31+,34-/m0/s1. The van der Waals surface area contributed by atoms with Gasteiger partial charge in [-0.2, -0.15) is 0 Å². The summed E-state index contributed by atoms with van der Waals surface area (Å²) in [6.45, 7) is 3.48. The van der Waals surface area contributed by atoms with Crippen molar-refractivity contribution in [2.24, 2.45) is 5.92 Å². The van der Waals surface area contributed by atoms with Crippen molar-refractivity contribution in [1.82, 2.24) is 20.2 Å². The van der Waals surface area contributed by atoms with E-state index in [-0.39, 0.29) is 43.2 Å². The number of anilines is 1. The number of carbonyl (C=O) groups is 2. The number of halogens is 2. The van der Waals surface area contributed by atoms with Crippen LogP contribution in [0.25, 0.3) is 11.1 Å². The summed E-state index contributed by atoms with van der Waals surface area (Å²) in [5, 5.41) is 12.1. The number of carbonyl (C=O) groups excluding carboxylic acids is 1. The van der Waals surface area contributed by atoms with Gasteiger partial charge in [0.15, 0.2) is 5.75 Å². The number of amides is 2. The van der Waals surface area contributed by atoms with Crippen molar-refractivity contribution in [3.8, 4) is 16.9 Å². The van der Waals surface area contributed by atoms with Crippen molar-refractivity contribution >= 4 is 18.1 Å². The minimum atomic E-state index is -0.906. The lowest BCUT2D eigenvalue weighted by molar-refractivity contribution is 0.0809. The van der Waals surface area contributed by atoms with Crippen molar-refractivity contribution < 1.29 is 33.0 Å². The number of fused-ring (bicyclic) bond motifs is 3. The highest BCUT2D eigenvalue weighted by Gasteiger charge is 2.39. The molecule has 2 saturated heterocycles. The summed E-state index contributed by atoms with van der Waals surface area (Å²) < 4.78 is 41.3. The van der Waals surface area contributed by atoms with E-state index in [1.165, 1.54) is 4.90 Å². The Labute approximate surface area is 282 Å². The smallest absolute Gasteiger partial charge is 0.407 e. The monoisotopic (exact) mass is 669 g/mol. The van der Waals surface area contributed by atoms with E-state index in [0.29, 0.717) is 37.6 Å². The molecule has 2 fully saturated rings. The summed E-state index contributed by atoms with van der Waals surface area (Å²) >= 11 is 0. The molecule has 0 unspecified atom stereocenters. The van der Waals surface area contributed by atoms with Crippen LogP contribution in [0, 0.1) is 17.6 Å². The lowest BCUT2D eigenvalue weighted by atomic mass is 9.92. The first-order valence-electron chi connectivity index (χ1n) is 16.5. The van der Waals surface area contributed by atoms with Gasteiger partial charge in [0.25, 0.3) is 0 Å². The van der Waals surface area contributed by atoms with E-state index >= 15 is 4.39 Å². The Balaban J connectivity index is 1.02. The van der Waals surface area contributed by atoms with Gasteiger partial charge < -0.3 is 29.7 Å². The molecule has 4 aromatic rings. The van der Waals surface area contributed by atoms with Crippen molar-refractivity contribution in [2.75, 3.05) is 37.7 Å². The van der Waals surface area contributed by atoms with Gasteiger partial charge >= 0.3 is 12.2 Å². The molecule has 0 bridgehead atoms. The number of aromatic nitrogens is 2. The molecule has 3 atom stereocenters. The van der Waals surface area contributed by atoms with E-state index in [4.69, 9.17) is 9.47 Å². The second-order valence-corrected chi connectivity index (χ2v) is 12.9.